The molecule has 6 nitrogen and oxygen atoms in total. The molecule has 1 fully saturated rings. The molecule has 2 rings (SSSR count). The first kappa shape index (κ1) is 19.4. The Labute approximate surface area is 147 Å². The zero-order valence-electron chi connectivity index (χ0n) is 14.5. The van der Waals surface area contributed by atoms with Gasteiger partial charge in [-0.15, -0.1) is 0 Å². The van der Waals surface area contributed by atoms with Crippen molar-refractivity contribution >= 4 is 21.5 Å². The smallest absolute Gasteiger partial charge is 0.193 e. The monoisotopic (exact) mass is 374 g/mol. The first-order valence-corrected chi connectivity index (χ1v) is 10.0. The minimum Gasteiger partial charge on any atom is -0.366 e. The third-order valence-corrected chi connectivity index (χ3v) is 5.88. The number of rotatable bonds is 5. The fourth-order valence-electron chi connectivity index (χ4n) is 2.68. The van der Waals surface area contributed by atoms with Gasteiger partial charge < -0.3 is 15.1 Å². The van der Waals surface area contributed by atoms with E-state index in [-0.39, 0.29) is 17.2 Å². The van der Waals surface area contributed by atoms with Crippen LogP contribution in [-0.4, -0.2) is 70.6 Å². The second-order valence-electron chi connectivity index (χ2n) is 5.78. The Morgan fingerprint density at radius 1 is 1.24 bits per heavy atom. The maximum absolute atomic E-state index is 13.9. The lowest BCUT2D eigenvalue weighted by Crippen LogP contribution is -2.53. The van der Waals surface area contributed by atoms with E-state index in [1.54, 1.807) is 18.9 Å². The fraction of sp³-hybridized carbons (Fsp3) is 0.562. The van der Waals surface area contributed by atoms with Crippen LogP contribution < -0.4 is 10.2 Å². The molecule has 25 heavy (non-hydrogen) atoms. The van der Waals surface area contributed by atoms with Crippen LogP contribution in [0.1, 0.15) is 6.92 Å². The summed E-state index contributed by atoms with van der Waals surface area (Å²) in [7, 11) is -1.39. The van der Waals surface area contributed by atoms with Gasteiger partial charge in [0.25, 0.3) is 0 Å². The van der Waals surface area contributed by atoms with Gasteiger partial charge in [-0.05, 0) is 12.1 Å². The molecule has 1 saturated heterocycles. The first-order valence-electron chi connectivity index (χ1n) is 8.22. The van der Waals surface area contributed by atoms with Crippen LogP contribution >= 0.6 is 0 Å². The molecule has 1 aliphatic heterocycles. The molecule has 1 N–H and O–H groups in total. The molecule has 0 spiro atoms. The number of nitrogens with one attached hydrogen (secondary N) is 1. The topological polar surface area (TPSA) is 65.0 Å². The molecule has 0 aromatic heterocycles. The number of hydrogen-bond acceptors (Lipinski definition) is 4. The highest BCUT2D eigenvalue weighted by Gasteiger charge is 2.22. The van der Waals surface area contributed by atoms with Gasteiger partial charge >= 0.3 is 0 Å². The second-order valence-corrected chi connectivity index (χ2v) is 8.25. The summed E-state index contributed by atoms with van der Waals surface area (Å²) in [6.45, 7) is 4.12. The maximum Gasteiger partial charge on any atom is 0.193 e. The van der Waals surface area contributed by atoms with Crippen molar-refractivity contribution < 1.29 is 17.2 Å². The summed E-state index contributed by atoms with van der Waals surface area (Å²) in [6, 6.07) is 3.44. The Kier molecular flexibility index (Phi) is 6.57. The van der Waals surface area contributed by atoms with E-state index >= 15 is 0 Å². The molecule has 1 aromatic rings. The number of benzene rings is 1. The number of sulfone groups is 1. The number of anilines is 1. The maximum atomic E-state index is 13.9. The number of halogens is 2. The fourth-order valence-corrected chi connectivity index (χ4v) is 3.38. The van der Waals surface area contributed by atoms with Crippen LogP contribution in [0.4, 0.5) is 14.5 Å². The SMILES string of the molecule is CCS(=O)(=O)CCNC(=NC)N1CCN(c2cc(F)ccc2F)CC1. The summed E-state index contributed by atoms with van der Waals surface area (Å²) in [5.41, 5.74) is 0.261. The van der Waals surface area contributed by atoms with Gasteiger partial charge in [-0.3, -0.25) is 4.99 Å². The molecule has 1 aliphatic rings. The van der Waals surface area contributed by atoms with E-state index in [0.29, 0.717) is 38.7 Å². The van der Waals surface area contributed by atoms with Crippen molar-refractivity contribution in [2.45, 2.75) is 6.92 Å². The highest BCUT2D eigenvalue weighted by Crippen LogP contribution is 2.21. The van der Waals surface area contributed by atoms with Crippen molar-refractivity contribution in [1.29, 1.82) is 0 Å². The molecule has 0 atom stereocenters. The predicted octanol–water partition coefficient (Wildman–Crippen LogP) is 1.10. The summed E-state index contributed by atoms with van der Waals surface area (Å²) in [6.07, 6.45) is 0. The van der Waals surface area contributed by atoms with E-state index in [4.69, 9.17) is 0 Å². The quantitative estimate of drug-likeness (QED) is 0.618. The van der Waals surface area contributed by atoms with Gasteiger partial charge in [-0.25, -0.2) is 17.2 Å². The van der Waals surface area contributed by atoms with Gasteiger partial charge in [0.15, 0.2) is 15.8 Å². The Morgan fingerprint density at radius 3 is 2.52 bits per heavy atom. The Hall–Kier alpha value is -1.90. The van der Waals surface area contributed by atoms with Crippen molar-refractivity contribution in [2.24, 2.45) is 4.99 Å². The van der Waals surface area contributed by atoms with Crippen molar-refractivity contribution in [3.63, 3.8) is 0 Å². The third-order valence-electron chi connectivity index (χ3n) is 4.18. The summed E-state index contributed by atoms with van der Waals surface area (Å²) in [4.78, 5) is 7.94. The molecule has 140 valence electrons. The van der Waals surface area contributed by atoms with E-state index in [0.717, 1.165) is 12.1 Å². The van der Waals surface area contributed by atoms with Crippen LogP contribution in [0.15, 0.2) is 23.2 Å². The Bertz CT molecular complexity index is 717. The normalized spacial score (nSPS) is 16.2. The van der Waals surface area contributed by atoms with Gasteiger partial charge in [0.1, 0.15) is 11.6 Å². The molecule has 1 aromatic carbocycles. The molecule has 0 saturated carbocycles. The molecule has 0 unspecified atom stereocenters. The lowest BCUT2D eigenvalue weighted by Gasteiger charge is -2.37. The van der Waals surface area contributed by atoms with Crippen molar-refractivity contribution in [2.75, 3.05) is 56.2 Å². The van der Waals surface area contributed by atoms with E-state index in [1.807, 2.05) is 4.90 Å². The average molecular weight is 374 g/mol. The standard InChI is InChI=1S/C16H24F2N4O2S/c1-3-25(23,24)11-6-20-16(19-2)22-9-7-21(8-10-22)15-12-13(17)4-5-14(15)18/h4-5,12H,3,6-11H2,1-2H3,(H,19,20). The summed E-state index contributed by atoms with van der Waals surface area (Å²) < 4.78 is 50.3. The summed E-state index contributed by atoms with van der Waals surface area (Å²) in [5, 5.41) is 3.05. The molecule has 0 radical (unpaired) electrons. The van der Waals surface area contributed by atoms with E-state index in [2.05, 4.69) is 10.3 Å². The summed E-state index contributed by atoms with van der Waals surface area (Å²) >= 11 is 0. The Balaban J connectivity index is 1.90. The van der Waals surface area contributed by atoms with Crippen LogP contribution in [-0.2, 0) is 9.84 Å². The summed E-state index contributed by atoms with van der Waals surface area (Å²) in [5.74, 6) is -0.122. The molecule has 0 amide bonds. The van der Waals surface area contributed by atoms with Gasteiger partial charge in [0, 0.05) is 51.6 Å². The molecule has 0 aliphatic carbocycles. The van der Waals surface area contributed by atoms with Crippen LogP contribution in [0.2, 0.25) is 0 Å². The average Bonchev–Trinajstić information content (AvgIpc) is 2.61. The molecular formula is C16H24F2N4O2S. The molecule has 9 heteroatoms. The van der Waals surface area contributed by atoms with Gasteiger partial charge in [-0.2, -0.15) is 0 Å². The first-order chi connectivity index (χ1) is 11.9. The lowest BCUT2D eigenvalue weighted by atomic mass is 10.2. The van der Waals surface area contributed by atoms with E-state index < -0.39 is 21.5 Å². The highest BCUT2D eigenvalue weighted by atomic mass is 32.2. The van der Waals surface area contributed by atoms with Crippen LogP contribution in [0.3, 0.4) is 0 Å². The minimum atomic E-state index is -3.03. The number of hydrogen-bond donors (Lipinski definition) is 1. The van der Waals surface area contributed by atoms with Gasteiger partial charge in [0.2, 0.25) is 0 Å². The number of piperazine rings is 1. The van der Waals surface area contributed by atoms with Crippen LogP contribution in [0, 0.1) is 11.6 Å². The largest absolute Gasteiger partial charge is 0.366 e. The molecular weight excluding hydrogens is 350 g/mol. The van der Waals surface area contributed by atoms with Crippen molar-refractivity contribution in [3.8, 4) is 0 Å². The molecule has 0 bridgehead atoms. The Morgan fingerprint density at radius 2 is 1.92 bits per heavy atom. The zero-order valence-corrected chi connectivity index (χ0v) is 15.3. The molecule has 1 heterocycles. The van der Waals surface area contributed by atoms with Crippen molar-refractivity contribution in [3.05, 3.63) is 29.8 Å². The van der Waals surface area contributed by atoms with Crippen molar-refractivity contribution in [1.82, 2.24) is 10.2 Å². The predicted molar refractivity (Wildman–Crippen MR) is 95.8 cm³/mol. The third kappa shape index (κ3) is 5.29. The minimum absolute atomic E-state index is 0.0526. The zero-order chi connectivity index (χ0) is 18.4. The number of aliphatic imine (C=N–C) groups is 1. The number of guanidine groups is 1. The highest BCUT2D eigenvalue weighted by molar-refractivity contribution is 7.91. The van der Waals surface area contributed by atoms with Crippen LogP contribution in [0.25, 0.3) is 0 Å². The van der Waals surface area contributed by atoms with E-state index in [9.17, 15) is 17.2 Å². The van der Waals surface area contributed by atoms with Crippen LogP contribution in [0.5, 0.6) is 0 Å². The number of nitrogens with zero attached hydrogens (tertiary/aromatic N) is 3. The second kappa shape index (κ2) is 8.46. The van der Waals surface area contributed by atoms with E-state index in [1.165, 1.54) is 6.07 Å². The van der Waals surface area contributed by atoms with Gasteiger partial charge in [-0.1, -0.05) is 6.92 Å². The lowest BCUT2D eigenvalue weighted by molar-refractivity contribution is 0.371. The van der Waals surface area contributed by atoms with Gasteiger partial charge in [0.05, 0.1) is 11.4 Å².